The zero-order valence-electron chi connectivity index (χ0n) is 27.6. The Morgan fingerprint density at radius 2 is 1.83 bits per heavy atom. The molecule has 3 heterocycles. The predicted molar refractivity (Wildman–Crippen MR) is 164 cm³/mol. The van der Waals surface area contributed by atoms with E-state index in [0.29, 0.717) is 19.4 Å². The first-order valence-electron chi connectivity index (χ1n) is 15.8. The lowest BCUT2D eigenvalue weighted by Crippen LogP contribution is -2.63. The van der Waals surface area contributed by atoms with Crippen LogP contribution in [0.2, 0.25) is 0 Å². The van der Waals surface area contributed by atoms with Gasteiger partial charge in [0.2, 0.25) is 11.8 Å². The van der Waals surface area contributed by atoms with Gasteiger partial charge in [0.15, 0.2) is 0 Å². The van der Waals surface area contributed by atoms with Crippen LogP contribution < -0.4 is 0 Å². The average Bonchev–Trinajstić information content (AvgIpc) is 3.37. The number of aliphatic hydroxyl groups excluding tert-OH is 1. The van der Waals surface area contributed by atoms with Crippen molar-refractivity contribution < 1.29 is 29.0 Å². The molecule has 8 heteroatoms. The Bertz CT molecular complexity index is 1050. The van der Waals surface area contributed by atoms with Crippen LogP contribution in [-0.4, -0.2) is 81.3 Å². The molecule has 0 aromatic heterocycles. The van der Waals surface area contributed by atoms with Crippen LogP contribution in [0.3, 0.4) is 0 Å². The molecule has 3 aliphatic rings. The number of ether oxygens (including phenoxy) is 2. The normalized spacial score (nSPS) is 31.3. The minimum Gasteiger partial charge on any atom is -0.465 e. The fraction of sp³-hybridized carbons (Fsp3) is 0.794. The molecule has 0 radical (unpaired) electrons. The van der Waals surface area contributed by atoms with Crippen molar-refractivity contribution in [2.75, 3.05) is 19.8 Å². The lowest BCUT2D eigenvalue weighted by molar-refractivity contribution is -0.165. The largest absolute Gasteiger partial charge is 0.465 e. The molecule has 8 nitrogen and oxygen atoms in total. The quantitative estimate of drug-likeness (QED) is 0.171. The highest BCUT2D eigenvalue weighted by Crippen LogP contribution is 2.66. The summed E-state index contributed by atoms with van der Waals surface area (Å²) in [5, 5.41) is 10.5. The summed E-state index contributed by atoms with van der Waals surface area (Å²) >= 11 is 0. The number of carbonyl (C=O) groups excluding carboxylic acids is 3. The molecule has 3 aliphatic heterocycles. The molecule has 42 heavy (non-hydrogen) atoms. The van der Waals surface area contributed by atoms with E-state index < -0.39 is 46.6 Å². The van der Waals surface area contributed by atoms with Crippen LogP contribution in [0.1, 0.15) is 94.4 Å². The fourth-order valence-corrected chi connectivity index (χ4v) is 8.25. The maximum absolute atomic E-state index is 15.0. The van der Waals surface area contributed by atoms with Crippen LogP contribution in [0, 0.1) is 29.1 Å². The Labute approximate surface area is 253 Å². The molecular weight excluding hydrogens is 532 g/mol. The van der Waals surface area contributed by atoms with Gasteiger partial charge in [-0.25, -0.2) is 0 Å². The van der Waals surface area contributed by atoms with Crippen molar-refractivity contribution in [2.45, 2.75) is 123 Å². The van der Waals surface area contributed by atoms with E-state index in [4.69, 9.17) is 9.47 Å². The highest BCUT2D eigenvalue weighted by atomic mass is 16.6. The Hall–Kier alpha value is -2.19. The van der Waals surface area contributed by atoms with Crippen molar-refractivity contribution in [3.05, 3.63) is 25.3 Å². The van der Waals surface area contributed by atoms with Gasteiger partial charge >= 0.3 is 5.97 Å². The number of esters is 1. The zero-order chi connectivity index (χ0) is 31.8. The third-order valence-corrected chi connectivity index (χ3v) is 9.87. The zero-order valence-corrected chi connectivity index (χ0v) is 27.6. The van der Waals surface area contributed by atoms with Gasteiger partial charge < -0.3 is 24.4 Å². The third-order valence-electron chi connectivity index (χ3n) is 9.87. The van der Waals surface area contributed by atoms with Gasteiger partial charge in [-0.1, -0.05) is 53.7 Å². The van der Waals surface area contributed by atoms with Crippen molar-refractivity contribution in [1.29, 1.82) is 0 Å². The Kier molecular flexibility index (Phi) is 10.2. The average molecular weight is 589 g/mol. The van der Waals surface area contributed by atoms with Crippen LogP contribution in [-0.2, 0) is 23.9 Å². The third kappa shape index (κ3) is 5.95. The molecule has 2 bridgehead atoms. The molecule has 0 saturated carbocycles. The molecule has 7 atom stereocenters. The van der Waals surface area contributed by atoms with Crippen molar-refractivity contribution in [3.8, 4) is 0 Å². The SMILES string of the molecule is C=CCCCCOC(=O)[C@H]1[C@H]2C(=O)N([C@@H](CO)C(C)C)C(C(=O)N(CC=C)C(C)(C)CC(C)(C)C)C23CC(C)[C@]1(C)O3. The number of nitrogens with zero attached hydrogens (tertiary/aromatic N) is 2. The monoisotopic (exact) mass is 588 g/mol. The highest BCUT2D eigenvalue weighted by Gasteiger charge is 2.81. The predicted octanol–water partition coefficient (Wildman–Crippen LogP) is 5.14. The Morgan fingerprint density at radius 1 is 1.19 bits per heavy atom. The number of fused-ring (bicyclic) bond motifs is 1. The second-order valence-electron chi connectivity index (χ2n) is 15.2. The molecule has 3 fully saturated rings. The summed E-state index contributed by atoms with van der Waals surface area (Å²) in [4.78, 5) is 46.7. The van der Waals surface area contributed by atoms with E-state index in [0.717, 1.165) is 19.3 Å². The molecule has 1 spiro atoms. The molecule has 238 valence electrons. The fourth-order valence-electron chi connectivity index (χ4n) is 8.25. The number of allylic oxidation sites excluding steroid dienone is 1. The number of hydrogen-bond acceptors (Lipinski definition) is 6. The highest BCUT2D eigenvalue weighted by molar-refractivity contribution is 5.99. The Morgan fingerprint density at radius 3 is 2.36 bits per heavy atom. The van der Waals surface area contributed by atoms with Gasteiger partial charge in [0.25, 0.3) is 0 Å². The first-order valence-corrected chi connectivity index (χ1v) is 15.8. The summed E-state index contributed by atoms with van der Waals surface area (Å²) in [6, 6.07) is -1.59. The summed E-state index contributed by atoms with van der Waals surface area (Å²) in [5.74, 6) is -2.89. The standard InChI is InChI=1S/C34H56N2O6/c1-12-14-15-16-18-41-30(40)26-25-28(38)36(24(20-37)22(3)4)27(34(25)19-23(5)33(26,11)42-34)29(39)35(17-13-2)32(9,10)21-31(6,7)8/h12-13,22-27,37H,1-2,14-21H2,3-11H3/t23?,24-,25-,26+,27?,33-,34?/m0/s1. The van der Waals surface area contributed by atoms with Crippen molar-refractivity contribution in [3.63, 3.8) is 0 Å². The van der Waals surface area contributed by atoms with Crippen LogP contribution in [0.15, 0.2) is 25.3 Å². The van der Waals surface area contributed by atoms with E-state index in [9.17, 15) is 19.5 Å². The topological polar surface area (TPSA) is 96.4 Å². The van der Waals surface area contributed by atoms with Gasteiger partial charge in [0.1, 0.15) is 17.6 Å². The smallest absolute Gasteiger partial charge is 0.312 e. The first kappa shape index (κ1) is 34.3. The molecule has 3 saturated heterocycles. The van der Waals surface area contributed by atoms with E-state index in [1.54, 1.807) is 11.0 Å². The number of unbranched alkanes of at least 4 members (excludes halogenated alkanes) is 2. The molecular formula is C34H56N2O6. The van der Waals surface area contributed by atoms with E-state index in [1.165, 1.54) is 0 Å². The van der Waals surface area contributed by atoms with Crippen LogP contribution >= 0.6 is 0 Å². The number of aliphatic hydroxyl groups is 1. The minimum atomic E-state index is -1.20. The number of hydrogen-bond donors (Lipinski definition) is 1. The lowest BCUT2D eigenvalue weighted by atomic mass is 9.62. The van der Waals surface area contributed by atoms with Crippen LogP contribution in [0.5, 0.6) is 0 Å². The van der Waals surface area contributed by atoms with Crippen molar-refractivity contribution in [1.82, 2.24) is 9.80 Å². The minimum absolute atomic E-state index is 0.0639. The molecule has 3 unspecified atom stereocenters. The summed E-state index contributed by atoms with van der Waals surface area (Å²) in [6.07, 6.45) is 7.14. The summed E-state index contributed by atoms with van der Waals surface area (Å²) in [6.45, 7) is 26.3. The van der Waals surface area contributed by atoms with Gasteiger partial charge in [-0.15, -0.1) is 13.2 Å². The maximum atomic E-state index is 15.0. The lowest BCUT2D eigenvalue weighted by Gasteiger charge is -2.47. The van der Waals surface area contributed by atoms with Gasteiger partial charge in [-0.2, -0.15) is 0 Å². The van der Waals surface area contributed by atoms with Crippen LogP contribution in [0.4, 0.5) is 0 Å². The van der Waals surface area contributed by atoms with Gasteiger partial charge in [0.05, 0.1) is 30.8 Å². The number of amides is 2. The maximum Gasteiger partial charge on any atom is 0.312 e. The number of likely N-dealkylation sites (tertiary alicyclic amines) is 1. The van der Waals surface area contributed by atoms with Gasteiger partial charge in [0, 0.05) is 12.1 Å². The van der Waals surface area contributed by atoms with Gasteiger partial charge in [-0.3, -0.25) is 14.4 Å². The second kappa shape index (κ2) is 12.4. The number of rotatable bonds is 14. The summed E-state index contributed by atoms with van der Waals surface area (Å²) in [5.41, 5.74) is -2.77. The molecule has 2 amide bonds. The molecule has 0 aliphatic carbocycles. The summed E-state index contributed by atoms with van der Waals surface area (Å²) in [7, 11) is 0. The molecule has 0 aromatic carbocycles. The van der Waals surface area contributed by atoms with Crippen LogP contribution in [0.25, 0.3) is 0 Å². The van der Waals surface area contributed by atoms with E-state index in [1.807, 2.05) is 52.5 Å². The number of carbonyl (C=O) groups is 3. The van der Waals surface area contributed by atoms with Gasteiger partial charge in [-0.05, 0) is 70.1 Å². The van der Waals surface area contributed by atoms with Crippen molar-refractivity contribution in [2.24, 2.45) is 29.1 Å². The molecule has 3 rings (SSSR count). The molecule has 0 aromatic rings. The van der Waals surface area contributed by atoms with Crippen molar-refractivity contribution >= 4 is 17.8 Å². The van der Waals surface area contributed by atoms with E-state index in [2.05, 4.69) is 33.9 Å². The first-order chi connectivity index (χ1) is 19.4. The molecule has 1 N–H and O–H groups in total. The summed E-state index contributed by atoms with van der Waals surface area (Å²) < 4.78 is 12.7. The second-order valence-corrected chi connectivity index (χ2v) is 15.2. The Balaban J connectivity index is 2.13. The van der Waals surface area contributed by atoms with E-state index in [-0.39, 0.29) is 42.3 Å². The van der Waals surface area contributed by atoms with E-state index >= 15 is 0 Å².